The van der Waals surface area contributed by atoms with Crippen LogP contribution in [0.1, 0.15) is 10.4 Å². The summed E-state index contributed by atoms with van der Waals surface area (Å²) in [6, 6.07) is 8.62. The van der Waals surface area contributed by atoms with Crippen LogP contribution in [-0.4, -0.2) is 30.2 Å². The lowest BCUT2D eigenvalue weighted by Gasteiger charge is -2.11. The number of aromatic carboxylic acids is 1. The molecular formula is C15H13NO6. The first kappa shape index (κ1) is 15.3. The molecule has 7 nitrogen and oxygen atoms in total. The molecule has 2 aromatic rings. The Bertz CT molecular complexity index is 741. The molecule has 0 aromatic heterocycles. The zero-order valence-corrected chi connectivity index (χ0v) is 11.9. The number of ether oxygens (including phenoxy) is 2. The Hall–Kier alpha value is -3.09. The van der Waals surface area contributed by atoms with Gasteiger partial charge >= 0.3 is 5.97 Å². The van der Waals surface area contributed by atoms with Crippen molar-refractivity contribution in [2.75, 3.05) is 14.2 Å². The fraction of sp³-hybridized carbons (Fsp3) is 0.133. The molecule has 2 aromatic carbocycles. The number of carbonyl (C=O) groups is 1. The van der Waals surface area contributed by atoms with Gasteiger partial charge in [-0.25, -0.2) is 4.79 Å². The molecule has 0 saturated heterocycles. The van der Waals surface area contributed by atoms with E-state index < -0.39 is 10.9 Å². The Morgan fingerprint density at radius 3 is 2.32 bits per heavy atom. The van der Waals surface area contributed by atoms with Crippen LogP contribution in [0.5, 0.6) is 11.5 Å². The molecule has 0 amide bonds. The molecule has 0 aliphatic rings. The summed E-state index contributed by atoms with van der Waals surface area (Å²) in [5.41, 5.74) is 0.493. The quantitative estimate of drug-likeness (QED) is 0.673. The van der Waals surface area contributed by atoms with Crippen LogP contribution in [-0.2, 0) is 0 Å². The van der Waals surface area contributed by atoms with Gasteiger partial charge in [-0.3, -0.25) is 10.1 Å². The number of rotatable bonds is 5. The van der Waals surface area contributed by atoms with Crippen LogP contribution in [0.3, 0.4) is 0 Å². The maximum atomic E-state index is 11.4. The summed E-state index contributed by atoms with van der Waals surface area (Å²) in [5, 5.41) is 20.1. The summed E-state index contributed by atoms with van der Waals surface area (Å²) >= 11 is 0. The van der Waals surface area contributed by atoms with Gasteiger partial charge in [0.1, 0.15) is 0 Å². The van der Waals surface area contributed by atoms with Crippen molar-refractivity contribution < 1.29 is 24.3 Å². The van der Waals surface area contributed by atoms with Gasteiger partial charge in [0.2, 0.25) is 0 Å². The zero-order chi connectivity index (χ0) is 16.3. The van der Waals surface area contributed by atoms with Gasteiger partial charge in [-0.2, -0.15) is 0 Å². The van der Waals surface area contributed by atoms with Gasteiger partial charge in [-0.1, -0.05) is 6.07 Å². The number of carboxylic acid groups (broad SMARTS) is 1. The fourth-order valence-corrected chi connectivity index (χ4v) is 2.08. The topological polar surface area (TPSA) is 98.9 Å². The van der Waals surface area contributed by atoms with Gasteiger partial charge in [-0.05, 0) is 29.3 Å². The number of nitro benzene ring substituents is 1. The SMILES string of the molecule is COc1ccc(-c2ccc([N+](=O)[O-])cc2C(=O)O)cc1OC. The van der Waals surface area contributed by atoms with Crippen LogP contribution in [0.25, 0.3) is 11.1 Å². The third-order valence-corrected chi connectivity index (χ3v) is 3.14. The highest BCUT2D eigenvalue weighted by atomic mass is 16.6. The van der Waals surface area contributed by atoms with E-state index in [0.29, 0.717) is 22.6 Å². The zero-order valence-electron chi connectivity index (χ0n) is 11.9. The number of benzene rings is 2. The van der Waals surface area contributed by atoms with Crippen molar-refractivity contribution in [3.8, 4) is 22.6 Å². The Morgan fingerprint density at radius 1 is 1.09 bits per heavy atom. The van der Waals surface area contributed by atoms with Crippen LogP contribution < -0.4 is 9.47 Å². The molecular weight excluding hydrogens is 290 g/mol. The Kier molecular flexibility index (Phi) is 4.26. The second kappa shape index (κ2) is 6.13. The van der Waals surface area contributed by atoms with Crippen molar-refractivity contribution in [3.63, 3.8) is 0 Å². The van der Waals surface area contributed by atoms with Crippen LogP contribution >= 0.6 is 0 Å². The maximum Gasteiger partial charge on any atom is 0.336 e. The normalized spacial score (nSPS) is 10.1. The Morgan fingerprint density at radius 2 is 1.77 bits per heavy atom. The number of carboxylic acids is 1. The largest absolute Gasteiger partial charge is 0.493 e. The second-order valence-electron chi connectivity index (χ2n) is 4.36. The summed E-state index contributed by atoms with van der Waals surface area (Å²) in [7, 11) is 2.96. The van der Waals surface area contributed by atoms with Crippen LogP contribution in [0, 0.1) is 10.1 Å². The number of nitro groups is 1. The predicted molar refractivity (Wildman–Crippen MR) is 78.6 cm³/mol. The Labute approximate surface area is 125 Å². The van der Waals surface area contributed by atoms with E-state index in [4.69, 9.17) is 9.47 Å². The van der Waals surface area contributed by atoms with Crippen LogP contribution in [0.4, 0.5) is 5.69 Å². The minimum Gasteiger partial charge on any atom is -0.493 e. The molecule has 0 saturated carbocycles. The third-order valence-electron chi connectivity index (χ3n) is 3.14. The molecule has 2 rings (SSSR count). The monoisotopic (exact) mass is 303 g/mol. The average Bonchev–Trinajstić information content (AvgIpc) is 2.53. The lowest BCUT2D eigenvalue weighted by atomic mass is 9.98. The molecule has 0 aliphatic carbocycles. The van der Waals surface area contributed by atoms with E-state index in [9.17, 15) is 20.0 Å². The van der Waals surface area contributed by atoms with Crippen LogP contribution in [0.2, 0.25) is 0 Å². The number of nitrogens with zero attached hydrogens (tertiary/aromatic N) is 1. The minimum atomic E-state index is -1.24. The lowest BCUT2D eigenvalue weighted by molar-refractivity contribution is -0.384. The molecule has 0 heterocycles. The molecule has 7 heteroatoms. The summed E-state index contributed by atoms with van der Waals surface area (Å²) in [4.78, 5) is 21.5. The number of hydrogen-bond acceptors (Lipinski definition) is 5. The van der Waals surface area contributed by atoms with Crippen molar-refractivity contribution in [2.24, 2.45) is 0 Å². The fourth-order valence-electron chi connectivity index (χ4n) is 2.08. The molecule has 0 fully saturated rings. The second-order valence-corrected chi connectivity index (χ2v) is 4.36. The number of hydrogen-bond donors (Lipinski definition) is 1. The van der Waals surface area contributed by atoms with E-state index in [-0.39, 0.29) is 11.3 Å². The van der Waals surface area contributed by atoms with Crippen molar-refractivity contribution in [1.82, 2.24) is 0 Å². The van der Waals surface area contributed by atoms with E-state index in [1.54, 1.807) is 18.2 Å². The van der Waals surface area contributed by atoms with Gasteiger partial charge in [-0.15, -0.1) is 0 Å². The highest BCUT2D eigenvalue weighted by Crippen LogP contribution is 2.34. The van der Waals surface area contributed by atoms with Crippen molar-refractivity contribution in [1.29, 1.82) is 0 Å². The molecule has 0 bridgehead atoms. The van der Waals surface area contributed by atoms with E-state index >= 15 is 0 Å². The highest BCUT2D eigenvalue weighted by Gasteiger charge is 2.18. The summed E-state index contributed by atoms with van der Waals surface area (Å²) in [6.45, 7) is 0. The summed E-state index contributed by atoms with van der Waals surface area (Å²) in [5.74, 6) is -0.298. The molecule has 0 unspecified atom stereocenters. The van der Waals surface area contributed by atoms with Crippen LogP contribution in [0.15, 0.2) is 36.4 Å². The molecule has 114 valence electrons. The summed E-state index contributed by atoms with van der Waals surface area (Å²) in [6.07, 6.45) is 0. The molecule has 1 N–H and O–H groups in total. The maximum absolute atomic E-state index is 11.4. The molecule has 0 spiro atoms. The van der Waals surface area contributed by atoms with E-state index in [2.05, 4.69) is 0 Å². The van der Waals surface area contributed by atoms with Gasteiger partial charge in [0.25, 0.3) is 5.69 Å². The number of methoxy groups -OCH3 is 2. The molecule has 22 heavy (non-hydrogen) atoms. The molecule has 0 aliphatic heterocycles. The Balaban J connectivity index is 2.61. The standard InChI is InChI=1S/C15H13NO6/c1-21-13-6-3-9(7-14(13)22-2)11-5-4-10(16(19)20)8-12(11)15(17)18/h3-8H,1-2H3,(H,17,18). The summed E-state index contributed by atoms with van der Waals surface area (Å²) < 4.78 is 10.3. The molecule has 0 atom stereocenters. The number of non-ortho nitro benzene ring substituents is 1. The van der Waals surface area contributed by atoms with E-state index in [0.717, 1.165) is 6.07 Å². The van der Waals surface area contributed by atoms with Crippen molar-refractivity contribution >= 4 is 11.7 Å². The van der Waals surface area contributed by atoms with Crippen molar-refractivity contribution in [2.45, 2.75) is 0 Å². The average molecular weight is 303 g/mol. The first-order valence-electron chi connectivity index (χ1n) is 6.22. The van der Waals surface area contributed by atoms with Gasteiger partial charge < -0.3 is 14.6 Å². The van der Waals surface area contributed by atoms with Gasteiger partial charge in [0, 0.05) is 12.1 Å². The minimum absolute atomic E-state index is 0.151. The van der Waals surface area contributed by atoms with E-state index in [1.165, 1.54) is 26.4 Å². The third kappa shape index (κ3) is 2.83. The first-order valence-corrected chi connectivity index (χ1v) is 6.22. The smallest absolute Gasteiger partial charge is 0.336 e. The van der Waals surface area contributed by atoms with Gasteiger partial charge in [0.15, 0.2) is 11.5 Å². The predicted octanol–water partition coefficient (Wildman–Crippen LogP) is 2.98. The first-order chi connectivity index (χ1) is 10.5. The van der Waals surface area contributed by atoms with E-state index in [1.807, 2.05) is 0 Å². The lowest BCUT2D eigenvalue weighted by Crippen LogP contribution is -2.01. The van der Waals surface area contributed by atoms with Crippen molar-refractivity contribution in [3.05, 3.63) is 52.1 Å². The highest BCUT2D eigenvalue weighted by molar-refractivity contribution is 5.97. The molecule has 0 radical (unpaired) electrons. The van der Waals surface area contributed by atoms with Gasteiger partial charge in [0.05, 0.1) is 24.7 Å².